The van der Waals surface area contributed by atoms with Gasteiger partial charge >= 0.3 is 0 Å². The summed E-state index contributed by atoms with van der Waals surface area (Å²) in [6.07, 6.45) is 0. The number of anilines is 1. The molecule has 12 aromatic rings. The third-order valence-electron chi connectivity index (χ3n) is 15.5. The van der Waals surface area contributed by atoms with E-state index in [2.05, 4.69) is 254 Å². The lowest BCUT2D eigenvalue weighted by Crippen LogP contribution is -2.28. The smallest absolute Gasteiger partial charge is 0.0713 e. The Kier molecular flexibility index (Phi) is 8.38. The van der Waals surface area contributed by atoms with Crippen LogP contribution >= 0.6 is 0 Å². The van der Waals surface area contributed by atoms with Gasteiger partial charge in [-0.15, -0.1) is 0 Å². The summed E-state index contributed by atoms with van der Waals surface area (Å²) in [6.45, 7) is 0. The van der Waals surface area contributed by atoms with Gasteiger partial charge in [0.1, 0.15) is 0 Å². The first kappa shape index (κ1) is 38.7. The van der Waals surface area contributed by atoms with E-state index >= 15 is 0 Å². The van der Waals surface area contributed by atoms with Gasteiger partial charge in [-0.2, -0.15) is 0 Å². The number of rotatable bonds is 7. The van der Waals surface area contributed by atoms with Crippen LogP contribution in [-0.4, -0.2) is 0 Å². The largest absolute Gasteiger partial charge is 0.323 e. The number of nitrogen functional groups attached to an aromatic ring is 1. The summed E-state index contributed by atoms with van der Waals surface area (Å²) in [5.41, 5.74) is 22.9. The van der Waals surface area contributed by atoms with E-state index in [0.717, 1.165) is 33.3 Å². The summed E-state index contributed by atoms with van der Waals surface area (Å²) in [6, 6.07) is 92.4. The molecule has 12 aromatic carbocycles. The minimum absolute atomic E-state index is 0.496. The molecule has 0 aromatic heterocycles. The zero-order valence-corrected chi connectivity index (χ0v) is 37.2. The van der Waals surface area contributed by atoms with Crippen LogP contribution in [0.3, 0.4) is 0 Å². The van der Waals surface area contributed by atoms with Crippen LogP contribution in [0.4, 0.5) is 5.69 Å². The molecule has 0 atom stereocenters. The predicted octanol–water partition coefficient (Wildman–Crippen LogP) is 15.9. The van der Waals surface area contributed by atoms with Crippen LogP contribution < -0.4 is 11.3 Å². The van der Waals surface area contributed by atoms with Gasteiger partial charge in [0, 0.05) is 16.3 Å². The van der Waals surface area contributed by atoms with Crippen LogP contribution in [-0.2, 0) is 10.8 Å². The van der Waals surface area contributed by atoms with E-state index in [0.29, 0.717) is 0 Å². The van der Waals surface area contributed by atoms with Crippen molar-refractivity contribution in [1.29, 1.82) is 0 Å². The second-order valence-electron chi connectivity index (χ2n) is 18.5. The van der Waals surface area contributed by atoms with E-state index in [1.54, 1.807) is 0 Å². The Morgan fingerprint density at radius 1 is 0.279 bits per heavy atom. The van der Waals surface area contributed by atoms with E-state index < -0.39 is 10.8 Å². The van der Waals surface area contributed by atoms with Crippen molar-refractivity contribution in [2.24, 2.45) is 5.84 Å². The van der Waals surface area contributed by atoms with Crippen molar-refractivity contribution in [1.82, 2.24) is 0 Å². The summed E-state index contributed by atoms with van der Waals surface area (Å²) in [5.74, 6) is 6.79. The summed E-state index contributed by atoms with van der Waals surface area (Å²) >= 11 is 0. The molecule has 2 aliphatic rings. The fourth-order valence-electron chi connectivity index (χ4n) is 12.8. The summed E-state index contributed by atoms with van der Waals surface area (Å²) in [5, 5.41) is 7.21. The monoisotopic (exact) mass is 864 g/mol. The van der Waals surface area contributed by atoms with Gasteiger partial charge in [0.25, 0.3) is 0 Å². The van der Waals surface area contributed by atoms with E-state index in [1.807, 2.05) is 0 Å². The van der Waals surface area contributed by atoms with Gasteiger partial charge in [-0.3, -0.25) is 5.84 Å². The SMILES string of the molecule is NNc1c(-c2ccc(C3(c4ccccc4)c4ccccc4-c4ccccc43)cc2)c(-c2ccc(C3(c4ccccc4)c4ccccc4-c4ccccc43)cc2)c2ccc3cccc4ccc1c2c43. The molecule has 0 unspecified atom stereocenters. The highest BCUT2D eigenvalue weighted by Crippen LogP contribution is 2.59. The molecular weight excluding hydrogens is 821 g/mol. The minimum Gasteiger partial charge on any atom is -0.323 e. The number of nitrogens with one attached hydrogen (secondary N) is 1. The van der Waals surface area contributed by atoms with E-state index in [4.69, 9.17) is 5.84 Å². The Balaban J connectivity index is 1.02. The van der Waals surface area contributed by atoms with Crippen molar-refractivity contribution in [3.8, 4) is 44.5 Å². The molecule has 0 spiro atoms. The molecule has 318 valence electrons. The van der Waals surface area contributed by atoms with Gasteiger partial charge in [-0.25, -0.2) is 0 Å². The zero-order chi connectivity index (χ0) is 45.0. The fourth-order valence-corrected chi connectivity index (χ4v) is 12.8. The molecule has 2 nitrogen and oxygen atoms in total. The van der Waals surface area contributed by atoms with E-state index in [1.165, 1.54) is 93.7 Å². The van der Waals surface area contributed by atoms with Crippen molar-refractivity contribution in [2.45, 2.75) is 10.8 Å². The van der Waals surface area contributed by atoms with Crippen LogP contribution in [0.1, 0.15) is 44.5 Å². The number of hydrogen-bond donors (Lipinski definition) is 2. The fraction of sp³-hybridized carbons (Fsp3) is 0.0303. The lowest BCUT2D eigenvalue weighted by Gasteiger charge is -2.34. The van der Waals surface area contributed by atoms with Crippen molar-refractivity contribution >= 4 is 38.0 Å². The highest BCUT2D eigenvalue weighted by molar-refractivity contribution is 6.30. The van der Waals surface area contributed by atoms with Gasteiger partial charge in [-0.1, -0.05) is 249 Å². The molecule has 0 heterocycles. The molecule has 2 heteroatoms. The Bertz CT molecular complexity index is 3820. The molecular formula is C66H44N2. The number of hydrogen-bond acceptors (Lipinski definition) is 2. The van der Waals surface area contributed by atoms with Gasteiger partial charge in [-0.05, 0) is 105 Å². The summed E-state index contributed by atoms with van der Waals surface area (Å²) in [7, 11) is 0. The highest BCUT2D eigenvalue weighted by atomic mass is 15.2. The van der Waals surface area contributed by atoms with Crippen LogP contribution in [0.5, 0.6) is 0 Å². The molecule has 68 heavy (non-hydrogen) atoms. The molecule has 0 radical (unpaired) electrons. The Hall–Kier alpha value is -8.56. The maximum absolute atomic E-state index is 6.79. The number of fused-ring (bicyclic) bond motifs is 6. The second-order valence-corrected chi connectivity index (χ2v) is 18.5. The van der Waals surface area contributed by atoms with Crippen molar-refractivity contribution in [2.75, 3.05) is 5.43 Å². The second kappa shape index (κ2) is 14.7. The number of hydrazine groups is 1. The van der Waals surface area contributed by atoms with Gasteiger partial charge < -0.3 is 5.43 Å². The first-order valence-corrected chi connectivity index (χ1v) is 23.6. The van der Waals surface area contributed by atoms with Crippen LogP contribution in [0.15, 0.2) is 249 Å². The van der Waals surface area contributed by atoms with Crippen LogP contribution in [0.2, 0.25) is 0 Å². The van der Waals surface area contributed by atoms with Gasteiger partial charge in [0.15, 0.2) is 0 Å². The van der Waals surface area contributed by atoms with E-state index in [9.17, 15) is 0 Å². The molecule has 0 amide bonds. The average molecular weight is 865 g/mol. The zero-order valence-electron chi connectivity index (χ0n) is 37.2. The third-order valence-corrected chi connectivity index (χ3v) is 15.5. The maximum Gasteiger partial charge on any atom is 0.0713 e. The van der Waals surface area contributed by atoms with Crippen LogP contribution in [0, 0.1) is 0 Å². The molecule has 14 rings (SSSR count). The van der Waals surface area contributed by atoms with Crippen molar-refractivity contribution < 1.29 is 0 Å². The van der Waals surface area contributed by atoms with Gasteiger partial charge in [0.2, 0.25) is 0 Å². The lowest BCUT2D eigenvalue weighted by atomic mass is 9.67. The van der Waals surface area contributed by atoms with Crippen molar-refractivity contribution in [3.05, 3.63) is 293 Å². The summed E-state index contributed by atoms with van der Waals surface area (Å²) in [4.78, 5) is 0. The van der Waals surface area contributed by atoms with Gasteiger partial charge in [0.05, 0.1) is 16.5 Å². The normalized spacial score (nSPS) is 13.9. The topological polar surface area (TPSA) is 38.0 Å². The van der Waals surface area contributed by atoms with E-state index in [-0.39, 0.29) is 0 Å². The lowest BCUT2D eigenvalue weighted by molar-refractivity contribution is 0.768. The quantitative estimate of drug-likeness (QED) is 0.0952. The minimum atomic E-state index is -0.500. The maximum atomic E-state index is 6.79. The molecule has 0 aliphatic heterocycles. The Morgan fingerprint density at radius 3 is 1.07 bits per heavy atom. The molecule has 0 saturated heterocycles. The standard InChI is InChI=1S/C66H44N2/c67-68-64-55-41-35-43-17-15-16-42-34-40-54(63(55)60(42)43)61(44-30-36-48(37-31-44)65(46-18-3-1-4-19-46)56-26-11-7-22-50(56)51-23-8-12-27-57(51)65)62(64)45-32-38-49(39-33-45)66(47-20-5-2-6-21-47)58-28-13-9-24-52(58)53-25-10-14-29-59(53)66/h1-41,68H,67H2. The summed E-state index contributed by atoms with van der Waals surface area (Å²) < 4.78 is 0. The average Bonchev–Trinajstić information content (AvgIpc) is 3.89. The molecule has 0 saturated carbocycles. The molecule has 3 N–H and O–H groups in total. The van der Waals surface area contributed by atoms with Crippen LogP contribution in [0.25, 0.3) is 76.8 Å². The number of benzene rings is 12. The molecule has 0 bridgehead atoms. The molecule has 0 fully saturated rings. The Labute approximate surface area is 395 Å². The highest BCUT2D eigenvalue weighted by Gasteiger charge is 2.47. The first-order valence-electron chi connectivity index (χ1n) is 23.6. The first-order chi connectivity index (χ1) is 33.7. The third kappa shape index (κ3) is 5.10. The van der Waals surface area contributed by atoms with Crippen molar-refractivity contribution in [3.63, 3.8) is 0 Å². The molecule has 2 aliphatic carbocycles. The Morgan fingerprint density at radius 2 is 0.647 bits per heavy atom. The predicted molar refractivity (Wildman–Crippen MR) is 283 cm³/mol. The number of nitrogens with two attached hydrogens (primary N) is 1.